The third-order valence-electron chi connectivity index (χ3n) is 4.02. The molecular formula is C18H14ClN5. The molecule has 0 aliphatic heterocycles. The van der Waals surface area contributed by atoms with Crippen LogP contribution in [0.1, 0.15) is 5.56 Å². The Kier molecular flexibility index (Phi) is 3.43. The van der Waals surface area contributed by atoms with E-state index in [1.54, 1.807) is 0 Å². The second kappa shape index (κ2) is 5.62. The molecule has 0 fully saturated rings. The molecule has 3 N–H and O–H groups in total. The lowest BCUT2D eigenvalue weighted by Crippen LogP contribution is -1.97. The summed E-state index contributed by atoms with van der Waals surface area (Å²) in [5.41, 5.74) is 11.3. The quantitative estimate of drug-likeness (QED) is 0.574. The maximum atomic E-state index is 6.16. The van der Waals surface area contributed by atoms with Gasteiger partial charge >= 0.3 is 0 Å². The number of anilines is 1. The van der Waals surface area contributed by atoms with Crippen LogP contribution in [-0.4, -0.2) is 20.4 Å². The zero-order valence-electron chi connectivity index (χ0n) is 12.9. The number of nitrogens with two attached hydrogens (primary N) is 1. The van der Waals surface area contributed by atoms with Gasteiger partial charge < -0.3 is 5.73 Å². The van der Waals surface area contributed by atoms with Gasteiger partial charge in [-0.15, -0.1) is 10.2 Å². The molecule has 2 heterocycles. The normalized spacial score (nSPS) is 11.1. The Morgan fingerprint density at radius 1 is 1.04 bits per heavy atom. The molecule has 2 aromatic heterocycles. The van der Waals surface area contributed by atoms with Gasteiger partial charge in [0.2, 0.25) is 5.65 Å². The van der Waals surface area contributed by atoms with Crippen LogP contribution in [0.4, 0.5) is 5.82 Å². The highest BCUT2D eigenvalue weighted by Crippen LogP contribution is 2.39. The topological polar surface area (TPSA) is 80.5 Å². The average Bonchev–Trinajstić information content (AvgIpc) is 2.96. The Balaban J connectivity index is 2.13. The molecule has 118 valence electrons. The van der Waals surface area contributed by atoms with E-state index in [1.807, 2.05) is 42.5 Å². The maximum Gasteiger partial charge on any atom is 0.205 e. The van der Waals surface area contributed by atoms with E-state index in [0.29, 0.717) is 16.5 Å². The number of halogens is 1. The highest BCUT2D eigenvalue weighted by atomic mass is 35.5. The summed E-state index contributed by atoms with van der Waals surface area (Å²) in [6.45, 7) is 2.06. The fourth-order valence-electron chi connectivity index (χ4n) is 2.88. The number of rotatable bonds is 2. The van der Waals surface area contributed by atoms with Gasteiger partial charge in [0.05, 0.1) is 5.39 Å². The van der Waals surface area contributed by atoms with Gasteiger partial charge in [0.1, 0.15) is 11.5 Å². The predicted octanol–water partition coefficient (Wildman–Crippen LogP) is 4.23. The van der Waals surface area contributed by atoms with Crippen molar-refractivity contribution in [3.05, 3.63) is 59.1 Å². The van der Waals surface area contributed by atoms with Crippen LogP contribution in [0.5, 0.6) is 0 Å². The minimum atomic E-state index is 0.474. The van der Waals surface area contributed by atoms with Crippen molar-refractivity contribution in [2.45, 2.75) is 6.92 Å². The van der Waals surface area contributed by atoms with Crippen LogP contribution in [0, 0.1) is 6.92 Å². The van der Waals surface area contributed by atoms with Crippen molar-refractivity contribution in [2.24, 2.45) is 0 Å². The van der Waals surface area contributed by atoms with E-state index in [2.05, 4.69) is 33.4 Å². The second-order valence-corrected chi connectivity index (χ2v) is 6.02. The van der Waals surface area contributed by atoms with E-state index in [0.717, 1.165) is 33.3 Å². The lowest BCUT2D eigenvalue weighted by molar-refractivity contribution is 1.03. The Labute approximate surface area is 143 Å². The van der Waals surface area contributed by atoms with Crippen molar-refractivity contribution in [1.82, 2.24) is 20.4 Å². The Morgan fingerprint density at radius 3 is 2.67 bits per heavy atom. The van der Waals surface area contributed by atoms with Gasteiger partial charge in [-0.05, 0) is 30.2 Å². The van der Waals surface area contributed by atoms with Crippen LogP contribution < -0.4 is 5.73 Å². The number of fused-ring (bicyclic) bond motifs is 1. The maximum absolute atomic E-state index is 6.16. The smallest absolute Gasteiger partial charge is 0.205 e. The number of nitrogen functional groups attached to an aromatic ring is 1. The van der Waals surface area contributed by atoms with Crippen LogP contribution in [0.25, 0.3) is 33.4 Å². The van der Waals surface area contributed by atoms with E-state index in [9.17, 15) is 0 Å². The molecule has 0 radical (unpaired) electrons. The number of hydrogen-bond donors (Lipinski definition) is 2. The number of aromatic amines is 1. The zero-order valence-corrected chi connectivity index (χ0v) is 13.7. The van der Waals surface area contributed by atoms with Crippen molar-refractivity contribution in [2.75, 3.05) is 5.73 Å². The monoisotopic (exact) mass is 335 g/mol. The van der Waals surface area contributed by atoms with Crippen molar-refractivity contribution >= 4 is 28.5 Å². The molecule has 2 aromatic carbocycles. The van der Waals surface area contributed by atoms with E-state index >= 15 is 0 Å². The van der Waals surface area contributed by atoms with Gasteiger partial charge in [0, 0.05) is 16.1 Å². The molecule has 0 unspecified atom stereocenters. The van der Waals surface area contributed by atoms with E-state index < -0.39 is 0 Å². The lowest BCUT2D eigenvalue weighted by Gasteiger charge is -2.12. The third kappa shape index (κ3) is 2.30. The summed E-state index contributed by atoms with van der Waals surface area (Å²) in [7, 11) is 0. The minimum absolute atomic E-state index is 0.474. The molecule has 0 amide bonds. The first-order valence-electron chi connectivity index (χ1n) is 7.47. The number of nitrogens with zero attached hydrogens (tertiary/aromatic N) is 3. The summed E-state index contributed by atoms with van der Waals surface area (Å²) < 4.78 is 0. The number of hydrogen-bond acceptors (Lipinski definition) is 4. The average molecular weight is 336 g/mol. The fourth-order valence-corrected chi connectivity index (χ4v) is 3.07. The summed E-state index contributed by atoms with van der Waals surface area (Å²) in [6.07, 6.45) is 0. The first-order valence-corrected chi connectivity index (χ1v) is 7.85. The highest BCUT2D eigenvalue weighted by molar-refractivity contribution is 6.30. The Morgan fingerprint density at radius 2 is 1.88 bits per heavy atom. The standard InChI is InChI=1S/C18H14ClN5/c1-10-5-2-3-8-13(10)14-15-17(20)22-24-18(15)23-21-16(14)11-6-4-7-12(19)9-11/h2-9H,1H3,(H3,20,22,23,24). The largest absolute Gasteiger partial charge is 0.383 e. The van der Waals surface area contributed by atoms with Gasteiger partial charge in [-0.1, -0.05) is 48.0 Å². The molecule has 6 heteroatoms. The summed E-state index contributed by atoms with van der Waals surface area (Å²) in [4.78, 5) is 0. The highest BCUT2D eigenvalue weighted by Gasteiger charge is 2.19. The van der Waals surface area contributed by atoms with Crippen molar-refractivity contribution in [1.29, 1.82) is 0 Å². The first-order chi connectivity index (χ1) is 11.6. The first kappa shape index (κ1) is 14.7. The van der Waals surface area contributed by atoms with E-state index in [-0.39, 0.29) is 0 Å². The summed E-state index contributed by atoms with van der Waals surface area (Å²) >= 11 is 6.16. The number of aromatic nitrogens is 4. The molecule has 0 aliphatic rings. The molecule has 0 spiro atoms. The minimum Gasteiger partial charge on any atom is -0.383 e. The number of aryl methyl sites for hydroxylation is 1. The molecular weight excluding hydrogens is 322 g/mol. The molecule has 0 saturated carbocycles. The second-order valence-electron chi connectivity index (χ2n) is 5.58. The van der Waals surface area contributed by atoms with Gasteiger partial charge in [-0.3, -0.25) is 5.10 Å². The van der Waals surface area contributed by atoms with E-state index in [1.165, 1.54) is 0 Å². The van der Waals surface area contributed by atoms with Crippen molar-refractivity contribution < 1.29 is 0 Å². The number of benzene rings is 2. The van der Waals surface area contributed by atoms with Gasteiger partial charge in [0.25, 0.3) is 0 Å². The molecule has 5 nitrogen and oxygen atoms in total. The number of nitrogens with one attached hydrogen (secondary N) is 1. The van der Waals surface area contributed by atoms with Crippen molar-refractivity contribution in [3.8, 4) is 22.4 Å². The third-order valence-corrected chi connectivity index (χ3v) is 4.25. The van der Waals surface area contributed by atoms with Crippen LogP contribution >= 0.6 is 11.6 Å². The van der Waals surface area contributed by atoms with Gasteiger partial charge in [-0.2, -0.15) is 5.10 Å². The predicted molar refractivity (Wildman–Crippen MR) is 96.7 cm³/mol. The summed E-state index contributed by atoms with van der Waals surface area (Å²) in [5, 5.41) is 17.0. The van der Waals surface area contributed by atoms with E-state index in [4.69, 9.17) is 17.3 Å². The van der Waals surface area contributed by atoms with Gasteiger partial charge in [0.15, 0.2) is 0 Å². The SMILES string of the molecule is Cc1ccccc1-c1c(-c2cccc(Cl)c2)nnc2n[nH]c(N)c12. The molecule has 0 atom stereocenters. The number of H-pyrrole nitrogens is 1. The van der Waals surface area contributed by atoms with Crippen LogP contribution in [0.3, 0.4) is 0 Å². The molecule has 4 rings (SSSR count). The Bertz CT molecular complexity index is 1050. The van der Waals surface area contributed by atoms with Crippen LogP contribution in [0.2, 0.25) is 5.02 Å². The molecule has 24 heavy (non-hydrogen) atoms. The lowest BCUT2D eigenvalue weighted by atomic mass is 9.94. The molecule has 0 aliphatic carbocycles. The summed E-state index contributed by atoms with van der Waals surface area (Å²) in [5.74, 6) is 0.474. The fraction of sp³-hybridized carbons (Fsp3) is 0.0556. The zero-order chi connectivity index (χ0) is 16.7. The van der Waals surface area contributed by atoms with Gasteiger partial charge in [-0.25, -0.2) is 0 Å². The van der Waals surface area contributed by atoms with Crippen LogP contribution in [-0.2, 0) is 0 Å². The van der Waals surface area contributed by atoms with Crippen molar-refractivity contribution in [3.63, 3.8) is 0 Å². The summed E-state index contributed by atoms with van der Waals surface area (Å²) in [6, 6.07) is 15.6. The van der Waals surface area contributed by atoms with Crippen LogP contribution in [0.15, 0.2) is 48.5 Å². The Hall–Kier alpha value is -2.92. The molecule has 0 saturated heterocycles. The molecule has 0 bridgehead atoms. The molecule has 4 aromatic rings.